The molecule has 0 atom stereocenters. The van der Waals surface area contributed by atoms with Gasteiger partial charge in [-0.15, -0.1) is 0 Å². The Balaban J connectivity index is 0. The normalized spacial score (nSPS) is 7.88. The molecule has 2 aromatic heterocycles. The molecule has 0 radical (unpaired) electrons. The predicted molar refractivity (Wildman–Crippen MR) is 63.5 cm³/mol. The first-order chi connectivity index (χ1) is 7.38. The maximum atomic E-state index is 7.07. The van der Waals surface area contributed by atoms with E-state index in [0.29, 0.717) is 0 Å². The zero-order valence-electron chi connectivity index (χ0n) is 9.68. The summed E-state index contributed by atoms with van der Waals surface area (Å²) in [5, 5.41) is 7.07. The van der Waals surface area contributed by atoms with E-state index in [4.69, 9.17) is 5.26 Å². The minimum Gasteiger partial charge on any atom is -0.358 e. The van der Waals surface area contributed by atoms with Gasteiger partial charge in [-0.25, -0.2) is 4.89 Å². The van der Waals surface area contributed by atoms with E-state index in [1.807, 2.05) is 36.4 Å². The summed E-state index contributed by atoms with van der Waals surface area (Å²) in [6.07, 6.45) is 3.54. The third kappa shape index (κ3) is 6.93. The van der Waals surface area contributed by atoms with Gasteiger partial charge in [-0.3, -0.25) is 15.2 Å². The molecule has 0 saturated carbocycles. The van der Waals surface area contributed by atoms with Crippen LogP contribution in [0, 0.1) is 7.43 Å². The van der Waals surface area contributed by atoms with Gasteiger partial charge in [0.05, 0.1) is 18.5 Å². The van der Waals surface area contributed by atoms with Gasteiger partial charge in [-0.2, -0.15) is 0 Å². The van der Waals surface area contributed by atoms with Crippen molar-refractivity contribution in [3.8, 4) is 11.4 Å². The Morgan fingerprint density at radius 3 is 1.53 bits per heavy atom. The van der Waals surface area contributed by atoms with Crippen LogP contribution in [0.4, 0.5) is 0 Å². The van der Waals surface area contributed by atoms with E-state index < -0.39 is 0 Å². The van der Waals surface area contributed by atoms with Crippen LogP contribution in [0.2, 0.25) is 0 Å². The molecule has 0 saturated heterocycles. The molecule has 0 fully saturated rings. The van der Waals surface area contributed by atoms with E-state index in [-0.39, 0.29) is 27.8 Å². The van der Waals surface area contributed by atoms with Crippen molar-refractivity contribution in [1.82, 2.24) is 9.97 Å². The van der Waals surface area contributed by atoms with E-state index in [2.05, 4.69) is 14.9 Å². The summed E-state index contributed by atoms with van der Waals surface area (Å²) in [7, 11) is 1.18. The van der Waals surface area contributed by atoms with Crippen molar-refractivity contribution in [3.05, 3.63) is 56.2 Å². The Hall–Kier alpha value is -1.12. The fourth-order valence-corrected chi connectivity index (χ4v) is 1.03. The molecule has 0 amide bonds. The summed E-state index contributed by atoms with van der Waals surface area (Å²) in [6, 6.07) is 11.6. The molecular weight excluding hydrogens is 311 g/mol. The Labute approximate surface area is 115 Å². The van der Waals surface area contributed by atoms with Crippen molar-refractivity contribution in [2.45, 2.75) is 0 Å². The zero-order chi connectivity index (χ0) is 10.9. The van der Waals surface area contributed by atoms with Crippen LogP contribution < -0.4 is 0 Å². The van der Waals surface area contributed by atoms with E-state index in [1.54, 1.807) is 12.4 Å². The third-order valence-electron chi connectivity index (χ3n) is 1.59. The second-order valence-electron chi connectivity index (χ2n) is 2.61. The number of hydrogen-bond donors (Lipinski definition) is 1. The molecule has 0 aliphatic carbocycles. The van der Waals surface area contributed by atoms with Crippen LogP contribution in [0.15, 0.2) is 48.8 Å². The Morgan fingerprint density at radius 1 is 0.941 bits per heavy atom. The average Bonchev–Trinajstić information content (AvgIpc) is 2.32. The molecule has 0 aliphatic rings. The molecule has 2 aromatic rings. The second kappa shape index (κ2) is 11.4. The first kappa shape index (κ1) is 18.3. The molecule has 2 heterocycles. The van der Waals surface area contributed by atoms with E-state index in [0.717, 1.165) is 11.4 Å². The smallest absolute Gasteiger partial charge is 0.0886 e. The van der Waals surface area contributed by atoms with Gasteiger partial charge in [-0.05, 0) is 24.3 Å². The van der Waals surface area contributed by atoms with Crippen LogP contribution >= 0.6 is 0 Å². The molecule has 0 aliphatic heterocycles. The van der Waals surface area contributed by atoms with Crippen molar-refractivity contribution in [2.75, 3.05) is 7.11 Å². The van der Waals surface area contributed by atoms with Gasteiger partial charge in [0, 0.05) is 32.8 Å². The number of aromatic nitrogens is 2. The Bertz CT molecular complexity index is 333. The molecule has 0 bridgehead atoms. The first-order valence-electron chi connectivity index (χ1n) is 4.38. The number of hydrogen-bond acceptors (Lipinski definition) is 4. The van der Waals surface area contributed by atoms with E-state index in [1.165, 1.54) is 7.11 Å². The largest absolute Gasteiger partial charge is 0.358 e. The van der Waals surface area contributed by atoms with Crippen molar-refractivity contribution in [2.24, 2.45) is 0 Å². The van der Waals surface area contributed by atoms with Crippen molar-refractivity contribution in [3.63, 3.8) is 0 Å². The van der Waals surface area contributed by atoms with Crippen molar-refractivity contribution < 1.29 is 30.6 Å². The topological polar surface area (TPSA) is 55.2 Å². The monoisotopic (exact) mass is 325 g/mol. The second-order valence-corrected chi connectivity index (χ2v) is 2.61. The standard InChI is InChI=1S/C10H8N2.CH4O2.CH3.Pd/c1-3-7-11-9(5-1)10-6-2-4-8-12-10;1-3-2;;/h1-8H;2H,1H3;1H3;/q;;-1;. The summed E-state index contributed by atoms with van der Waals surface area (Å²) in [5.41, 5.74) is 1.83. The maximum absolute atomic E-state index is 7.07. The zero-order valence-corrected chi connectivity index (χ0v) is 11.2. The van der Waals surface area contributed by atoms with Gasteiger partial charge in [-0.1, -0.05) is 12.1 Å². The molecule has 0 unspecified atom stereocenters. The third-order valence-corrected chi connectivity index (χ3v) is 1.59. The van der Waals surface area contributed by atoms with Crippen molar-refractivity contribution >= 4 is 0 Å². The summed E-state index contributed by atoms with van der Waals surface area (Å²) in [5.74, 6) is 0. The molecule has 17 heavy (non-hydrogen) atoms. The van der Waals surface area contributed by atoms with Crippen LogP contribution in [-0.4, -0.2) is 22.3 Å². The number of pyridine rings is 2. The van der Waals surface area contributed by atoms with Crippen LogP contribution in [0.3, 0.4) is 0 Å². The summed E-state index contributed by atoms with van der Waals surface area (Å²) >= 11 is 0. The molecule has 5 heteroatoms. The maximum Gasteiger partial charge on any atom is 0.0886 e. The Morgan fingerprint density at radius 2 is 1.29 bits per heavy atom. The fourth-order valence-electron chi connectivity index (χ4n) is 1.03. The van der Waals surface area contributed by atoms with Gasteiger partial charge in [0.2, 0.25) is 0 Å². The van der Waals surface area contributed by atoms with Gasteiger partial charge < -0.3 is 7.43 Å². The van der Waals surface area contributed by atoms with E-state index in [9.17, 15) is 0 Å². The van der Waals surface area contributed by atoms with Crippen molar-refractivity contribution in [1.29, 1.82) is 0 Å². The Kier molecular flexibility index (Phi) is 12.2. The summed E-state index contributed by atoms with van der Waals surface area (Å²) in [6.45, 7) is 0. The molecule has 2 rings (SSSR count). The SMILES string of the molecule is COO.[CH3-].[Pd].c1ccc(-c2ccccn2)nc1. The van der Waals surface area contributed by atoms with Gasteiger partial charge in [0.15, 0.2) is 0 Å². The van der Waals surface area contributed by atoms with Crippen LogP contribution in [0.1, 0.15) is 0 Å². The molecule has 96 valence electrons. The molecule has 1 N–H and O–H groups in total. The van der Waals surface area contributed by atoms with Crippen LogP contribution in [0.5, 0.6) is 0 Å². The number of rotatable bonds is 1. The number of nitrogens with zero attached hydrogens (tertiary/aromatic N) is 2. The molecule has 0 aromatic carbocycles. The van der Waals surface area contributed by atoms with Crippen LogP contribution in [-0.2, 0) is 25.3 Å². The minimum absolute atomic E-state index is 0. The quantitative estimate of drug-likeness (QED) is 0.379. The summed E-state index contributed by atoms with van der Waals surface area (Å²) in [4.78, 5) is 11.6. The minimum atomic E-state index is 0. The molecule has 0 spiro atoms. The fraction of sp³-hybridized carbons (Fsp3) is 0.0833. The van der Waals surface area contributed by atoms with Gasteiger partial charge in [0.25, 0.3) is 0 Å². The summed E-state index contributed by atoms with van der Waals surface area (Å²) < 4.78 is 0. The van der Waals surface area contributed by atoms with Gasteiger partial charge in [0.1, 0.15) is 0 Å². The molecule has 4 nitrogen and oxygen atoms in total. The molecular formula is C12H15N2O2Pd-. The van der Waals surface area contributed by atoms with E-state index >= 15 is 0 Å². The van der Waals surface area contributed by atoms with Gasteiger partial charge >= 0.3 is 0 Å². The predicted octanol–water partition coefficient (Wildman–Crippen LogP) is 2.70. The average molecular weight is 326 g/mol. The van der Waals surface area contributed by atoms with Crippen LogP contribution in [0.25, 0.3) is 11.4 Å². The first-order valence-corrected chi connectivity index (χ1v) is 4.38.